The number of hydrogen-bond donors (Lipinski definition) is 2. The number of carbonyl (C=O) groups is 1. The molecule has 0 aliphatic carbocycles. The topological polar surface area (TPSA) is 84.5 Å². The maximum absolute atomic E-state index is 12.2. The number of nitrogens with one attached hydrogen (secondary N) is 2. The van der Waals surface area contributed by atoms with E-state index in [1.54, 1.807) is 24.3 Å². The highest BCUT2D eigenvalue weighted by molar-refractivity contribution is 7.89. The van der Waals surface area contributed by atoms with E-state index in [1.165, 1.54) is 18.2 Å². The standard InChI is InChI=1S/C18H20Cl2N2O4S/c1-12(2)10-21-27(24,25)13-7-8-17(15(20)9-13)26-11-18(23)22-16-6-4-3-5-14(16)19/h3-9,12,21H,10-11H2,1-2H3,(H,22,23). The minimum atomic E-state index is -3.66. The summed E-state index contributed by atoms with van der Waals surface area (Å²) >= 11 is 12.1. The molecule has 0 aliphatic heterocycles. The van der Waals surface area contributed by atoms with Crippen LogP contribution >= 0.6 is 23.2 Å². The molecule has 1 amide bonds. The minimum Gasteiger partial charge on any atom is -0.482 e. The first kappa shape index (κ1) is 21.5. The van der Waals surface area contributed by atoms with Gasteiger partial charge >= 0.3 is 0 Å². The zero-order valence-corrected chi connectivity index (χ0v) is 17.2. The molecule has 0 radical (unpaired) electrons. The van der Waals surface area contributed by atoms with E-state index in [4.69, 9.17) is 27.9 Å². The lowest BCUT2D eigenvalue weighted by Gasteiger charge is -2.12. The molecule has 27 heavy (non-hydrogen) atoms. The smallest absolute Gasteiger partial charge is 0.262 e. The number of amides is 1. The van der Waals surface area contributed by atoms with Crippen molar-refractivity contribution >= 4 is 44.8 Å². The van der Waals surface area contributed by atoms with Crippen LogP contribution in [0, 0.1) is 5.92 Å². The van der Waals surface area contributed by atoms with Crippen LogP contribution < -0.4 is 14.8 Å². The van der Waals surface area contributed by atoms with Gasteiger partial charge in [-0.15, -0.1) is 0 Å². The number of para-hydroxylation sites is 1. The fourth-order valence-corrected chi connectivity index (χ4v) is 3.74. The first-order chi connectivity index (χ1) is 12.7. The van der Waals surface area contributed by atoms with Crippen molar-refractivity contribution in [1.29, 1.82) is 0 Å². The highest BCUT2D eigenvalue weighted by atomic mass is 35.5. The molecule has 0 spiro atoms. The second-order valence-electron chi connectivity index (χ2n) is 6.15. The normalized spacial score (nSPS) is 11.4. The third kappa shape index (κ3) is 6.39. The number of ether oxygens (including phenoxy) is 1. The molecule has 2 aromatic carbocycles. The monoisotopic (exact) mass is 430 g/mol. The zero-order chi connectivity index (χ0) is 20.0. The average Bonchev–Trinajstić information content (AvgIpc) is 2.61. The Balaban J connectivity index is 2.00. The lowest BCUT2D eigenvalue weighted by molar-refractivity contribution is -0.118. The summed E-state index contributed by atoms with van der Waals surface area (Å²) in [6, 6.07) is 10.9. The van der Waals surface area contributed by atoms with E-state index in [0.717, 1.165) is 0 Å². The molecule has 0 fully saturated rings. The number of sulfonamides is 1. The van der Waals surface area contributed by atoms with Crippen LogP contribution in [0.2, 0.25) is 10.0 Å². The van der Waals surface area contributed by atoms with Crippen LogP contribution in [0.1, 0.15) is 13.8 Å². The van der Waals surface area contributed by atoms with Crippen molar-refractivity contribution in [3.63, 3.8) is 0 Å². The highest BCUT2D eigenvalue weighted by Gasteiger charge is 2.17. The third-order valence-corrected chi connectivity index (χ3v) is 5.45. The molecule has 2 N–H and O–H groups in total. The third-order valence-electron chi connectivity index (χ3n) is 3.40. The van der Waals surface area contributed by atoms with Crippen molar-refractivity contribution in [2.75, 3.05) is 18.5 Å². The van der Waals surface area contributed by atoms with Crippen LogP contribution in [0.15, 0.2) is 47.4 Å². The van der Waals surface area contributed by atoms with Crippen molar-refractivity contribution in [2.45, 2.75) is 18.7 Å². The number of hydrogen-bond acceptors (Lipinski definition) is 4. The van der Waals surface area contributed by atoms with Crippen molar-refractivity contribution in [3.8, 4) is 5.75 Å². The first-order valence-corrected chi connectivity index (χ1v) is 10.4. The van der Waals surface area contributed by atoms with Crippen LogP contribution in [0.25, 0.3) is 0 Å². The summed E-state index contributed by atoms with van der Waals surface area (Å²) in [5, 5.41) is 3.12. The van der Waals surface area contributed by atoms with E-state index < -0.39 is 15.9 Å². The van der Waals surface area contributed by atoms with E-state index in [-0.39, 0.29) is 28.2 Å². The summed E-state index contributed by atoms with van der Waals surface area (Å²) in [7, 11) is -3.66. The van der Waals surface area contributed by atoms with Gasteiger partial charge in [-0.3, -0.25) is 4.79 Å². The second-order valence-corrected chi connectivity index (χ2v) is 8.74. The molecule has 0 aromatic heterocycles. The van der Waals surface area contributed by atoms with Crippen molar-refractivity contribution in [1.82, 2.24) is 4.72 Å². The van der Waals surface area contributed by atoms with Gasteiger partial charge in [-0.25, -0.2) is 13.1 Å². The number of carbonyl (C=O) groups excluding carboxylic acids is 1. The quantitative estimate of drug-likeness (QED) is 0.663. The van der Waals surface area contributed by atoms with Gasteiger partial charge in [0.15, 0.2) is 6.61 Å². The molecule has 0 saturated carbocycles. The molecular formula is C18H20Cl2N2O4S. The van der Waals surface area contributed by atoms with E-state index in [9.17, 15) is 13.2 Å². The number of anilines is 1. The number of rotatable bonds is 8. The zero-order valence-electron chi connectivity index (χ0n) is 14.8. The predicted molar refractivity (Wildman–Crippen MR) is 107 cm³/mol. The van der Waals surface area contributed by atoms with Crippen LogP contribution in [-0.2, 0) is 14.8 Å². The van der Waals surface area contributed by atoms with E-state index >= 15 is 0 Å². The lowest BCUT2D eigenvalue weighted by Crippen LogP contribution is -2.27. The fraction of sp³-hybridized carbons (Fsp3) is 0.278. The van der Waals surface area contributed by atoms with Crippen molar-refractivity contribution in [2.24, 2.45) is 5.92 Å². The molecule has 0 aliphatic rings. The van der Waals surface area contributed by atoms with Gasteiger partial charge in [0.1, 0.15) is 5.75 Å². The Morgan fingerprint density at radius 2 is 1.81 bits per heavy atom. The maximum Gasteiger partial charge on any atom is 0.262 e. The van der Waals surface area contributed by atoms with E-state index in [0.29, 0.717) is 17.3 Å². The minimum absolute atomic E-state index is 0.0287. The lowest BCUT2D eigenvalue weighted by atomic mass is 10.2. The molecular weight excluding hydrogens is 411 g/mol. The van der Waals surface area contributed by atoms with Crippen LogP contribution in [0.5, 0.6) is 5.75 Å². The van der Waals surface area contributed by atoms with Gasteiger partial charge in [-0.1, -0.05) is 49.2 Å². The summed E-state index contributed by atoms with van der Waals surface area (Å²) in [5.41, 5.74) is 0.469. The van der Waals surface area contributed by atoms with E-state index in [1.807, 2.05) is 13.8 Å². The summed E-state index contributed by atoms with van der Waals surface area (Å²) in [4.78, 5) is 12.0. The SMILES string of the molecule is CC(C)CNS(=O)(=O)c1ccc(OCC(=O)Nc2ccccc2Cl)c(Cl)c1. The van der Waals surface area contributed by atoms with Gasteiger partial charge in [-0.05, 0) is 36.2 Å². The molecule has 146 valence electrons. The van der Waals surface area contributed by atoms with Crippen LogP contribution in [0.4, 0.5) is 5.69 Å². The molecule has 0 saturated heterocycles. The van der Waals surface area contributed by atoms with Gasteiger partial charge in [0.25, 0.3) is 5.91 Å². The Kier molecular flexibility index (Phi) is 7.49. The largest absolute Gasteiger partial charge is 0.482 e. The summed E-state index contributed by atoms with van der Waals surface area (Å²) in [6.45, 7) is 3.82. The Morgan fingerprint density at radius 1 is 1.11 bits per heavy atom. The van der Waals surface area contributed by atoms with Gasteiger partial charge in [0.2, 0.25) is 10.0 Å². The molecule has 0 atom stereocenters. The Morgan fingerprint density at radius 3 is 2.44 bits per heavy atom. The van der Waals surface area contributed by atoms with Crippen molar-refractivity contribution < 1.29 is 17.9 Å². The highest BCUT2D eigenvalue weighted by Crippen LogP contribution is 2.27. The Labute approximate surface area is 168 Å². The van der Waals surface area contributed by atoms with Gasteiger partial charge in [0.05, 0.1) is 20.6 Å². The molecule has 0 bridgehead atoms. The summed E-state index contributed by atoms with van der Waals surface area (Å²) in [5.74, 6) is -0.0438. The predicted octanol–water partition coefficient (Wildman–Crippen LogP) is 3.95. The molecule has 6 nitrogen and oxygen atoms in total. The first-order valence-electron chi connectivity index (χ1n) is 8.15. The van der Waals surface area contributed by atoms with Gasteiger partial charge < -0.3 is 10.1 Å². The fourth-order valence-electron chi connectivity index (χ4n) is 2.02. The van der Waals surface area contributed by atoms with Crippen LogP contribution in [-0.4, -0.2) is 27.5 Å². The van der Waals surface area contributed by atoms with E-state index in [2.05, 4.69) is 10.0 Å². The number of benzene rings is 2. The summed E-state index contributed by atoms with van der Waals surface area (Å²) in [6.07, 6.45) is 0. The second kappa shape index (κ2) is 9.41. The molecule has 2 rings (SSSR count). The van der Waals surface area contributed by atoms with Crippen molar-refractivity contribution in [3.05, 3.63) is 52.5 Å². The number of halogens is 2. The Bertz CT molecular complexity index is 917. The summed E-state index contributed by atoms with van der Waals surface area (Å²) < 4.78 is 32.3. The molecule has 0 heterocycles. The average molecular weight is 431 g/mol. The van der Waals surface area contributed by atoms with Crippen LogP contribution in [0.3, 0.4) is 0 Å². The molecule has 9 heteroatoms. The molecule has 2 aromatic rings. The Hall–Kier alpha value is -1.80. The van der Waals surface area contributed by atoms with Gasteiger partial charge in [-0.2, -0.15) is 0 Å². The molecule has 0 unspecified atom stereocenters. The maximum atomic E-state index is 12.2. The van der Waals surface area contributed by atoms with Gasteiger partial charge in [0, 0.05) is 6.54 Å².